The lowest BCUT2D eigenvalue weighted by molar-refractivity contribution is -0.137. The number of hydrogen-bond donors (Lipinski definition) is 1. The Kier molecular flexibility index (Phi) is 7.26. The maximum Gasteiger partial charge on any atom is 0.416 e. The zero-order chi connectivity index (χ0) is 26.5. The zero-order valence-electron chi connectivity index (χ0n) is 19.8. The number of furan rings is 1. The number of hydrogen-bond acceptors (Lipinski definition) is 9. The summed E-state index contributed by atoms with van der Waals surface area (Å²) in [5.41, 5.74) is 1.39. The van der Waals surface area contributed by atoms with Crippen LogP contribution in [0, 0.1) is 5.82 Å². The summed E-state index contributed by atoms with van der Waals surface area (Å²) < 4.78 is 64.8. The van der Waals surface area contributed by atoms with Gasteiger partial charge >= 0.3 is 6.18 Å². The highest BCUT2D eigenvalue weighted by atomic mass is 19.4. The molecule has 0 radical (unpaired) electrons. The number of aromatic nitrogens is 3. The molecule has 1 aromatic carbocycles. The normalized spacial score (nSPS) is 14.3. The summed E-state index contributed by atoms with van der Waals surface area (Å²) in [7, 11) is 0. The molecule has 0 spiro atoms. The van der Waals surface area contributed by atoms with Crippen LogP contribution in [-0.4, -0.2) is 41.3 Å². The number of pyridine rings is 1. The van der Waals surface area contributed by atoms with Crippen molar-refractivity contribution in [2.75, 3.05) is 36.5 Å². The van der Waals surface area contributed by atoms with Gasteiger partial charge in [-0.15, -0.1) is 5.11 Å². The molecule has 4 heterocycles. The molecule has 38 heavy (non-hydrogen) atoms. The molecule has 1 N–H and O–H groups in total. The van der Waals surface area contributed by atoms with Crippen LogP contribution in [0.5, 0.6) is 0 Å². The van der Waals surface area contributed by atoms with Gasteiger partial charge in [0, 0.05) is 24.3 Å². The molecule has 5 rings (SSSR count). The van der Waals surface area contributed by atoms with Gasteiger partial charge in [-0.1, -0.05) is 0 Å². The number of nitrogens with one attached hydrogen (secondary N) is 1. The molecule has 196 valence electrons. The van der Waals surface area contributed by atoms with Gasteiger partial charge in [-0.25, -0.2) is 9.37 Å². The fraction of sp³-hybridized carbons (Fsp3) is 0.240. The summed E-state index contributed by atoms with van der Waals surface area (Å²) in [4.78, 5) is 14.0. The summed E-state index contributed by atoms with van der Waals surface area (Å²) in [6.45, 7) is 2.09. The van der Waals surface area contributed by atoms with E-state index in [4.69, 9.17) is 9.15 Å². The maximum atomic E-state index is 14.2. The van der Waals surface area contributed by atoms with E-state index in [1.807, 2.05) is 0 Å². The molecule has 9 nitrogen and oxygen atoms in total. The molecule has 3 aromatic heterocycles. The molecule has 0 bridgehead atoms. The third-order valence-electron chi connectivity index (χ3n) is 5.64. The molecule has 4 aromatic rings. The Balaban J connectivity index is 1.26. The number of halogens is 4. The number of alkyl halides is 3. The Morgan fingerprint density at radius 1 is 0.974 bits per heavy atom. The first kappa shape index (κ1) is 25.3. The van der Waals surface area contributed by atoms with Gasteiger partial charge in [-0.05, 0) is 42.0 Å². The molecule has 0 unspecified atom stereocenters. The van der Waals surface area contributed by atoms with E-state index < -0.39 is 17.6 Å². The molecule has 13 heteroatoms. The van der Waals surface area contributed by atoms with Crippen molar-refractivity contribution in [3.05, 3.63) is 78.4 Å². The molecule has 0 saturated carbocycles. The summed E-state index contributed by atoms with van der Waals surface area (Å²) in [5.74, 6) is -0.381. The fourth-order valence-electron chi connectivity index (χ4n) is 3.78. The van der Waals surface area contributed by atoms with Crippen LogP contribution in [-0.2, 0) is 17.5 Å². The van der Waals surface area contributed by atoms with Crippen LogP contribution >= 0.6 is 0 Å². The van der Waals surface area contributed by atoms with Crippen molar-refractivity contribution in [3.8, 4) is 11.1 Å². The largest absolute Gasteiger partial charge is 0.472 e. The topological polar surface area (TPSA) is 101 Å². The van der Waals surface area contributed by atoms with Gasteiger partial charge < -0.3 is 19.4 Å². The second-order valence-corrected chi connectivity index (χ2v) is 8.31. The van der Waals surface area contributed by atoms with Crippen molar-refractivity contribution in [1.82, 2.24) is 15.0 Å². The van der Waals surface area contributed by atoms with E-state index in [2.05, 4.69) is 30.5 Å². The molecule has 1 saturated heterocycles. The minimum Gasteiger partial charge on any atom is -0.472 e. The Labute approximate surface area is 214 Å². The first-order chi connectivity index (χ1) is 18.3. The van der Waals surface area contributed by atoms with Crippen molar-refractivity contribution in [2.45, 2.75) is 12.7 Å². The molecular weight excluding hydrogens is 506 g/mol. The second kappa shape index (κ2) is 10.9. The predicted molar refractivity (Wildman–Crippen MR) is 130 cm³/mol. The maximum absolute atomic E-state index is 14.2. The van der Waals surface area contributed by atoms with Crippen molar-refractivity contribution < 1.29 is 26.7 Å². The van der Waals surface area contributed by atoms with Crippen molar-refractivity contribution in [1.29, 1.82) is 0 Å². The van der Waals surface area contributed by atoms with E-state index in [-0.39, 0.29) is 24.0 Å². The smallest absolute Gasteiger partial charge is 0.416 e. The zero-order valence-corrected chi connectivity index (χ0v) is 19.8. The van der Waals surface area contributed by atoms with Gasteiger partial charge in [0.15, 0.2) is 11.6 Å². The summed E-state index contributed by atoms with van der Waals surface area (Å²) in [5, 5.41) is 11.0. The third kappa shape index (κ3) is 6.11. The SMILES string of the molecule is Fc1cnc(N=NCc2ccc(Nc3cc(-c4ccoc4)cc(C(F)(F)F)c3)cn2)nc1N1CCOCC1. The summed E-state index contributed by atoms with van der Waals surface area (Å²) >= 11 is 0. The quantitative estimate of drug-likeness (QED) is 0.227. The molecule has 0 aliphatic carbocycles. The van der Waals surface area contributed by atoms with Crippen molar-refractivity contribution in [2.24, 2.45) is 10.2 Å². The lowest BCUT2D eigenvalue weighted by Gasteiger charge is -2.27. The number of anilines is 3. The molecule has 1 aliphatic heterocycles. The summed E-state index contributed by atoms with van der Waals surface area (Å²) in [6.07, 6.45) is 0.795. The van der Waals surface area contributed by atoms with Gasteiger partial charge in [0.2, 0.25) is 0 Å². The molecular formula is C25H21F4N7O2. The van der Waals surface area contributed by atoms with Gasteiger partial charge in [0.1, 0.15) is 6.54 Å². The molecule has 0 atom stereocenters. The monoisotopic (exact) mass is 527 g/mol. The van der Waals surface area contributed by atoms with E-state index in [9.17, 15) is 17.6 Å². The summed E-state index contributed by atoms with van der Waals surface area (Å²) in [6, 6.07) is 8.61. The van der Waals surface area contributed by atoms with Crippen LogP contribution in [0.25, 0.3) is 11.1 Å². The highest BCUT2D eigenvalue weighted by Crippen LogP contribution is 2.35. The number of rotatable bonds is 7. The highest BCUT2D eigenvalue weighted by molar-refractivity contribution is 5.71. The van der Waals surface area contributed by atoms with E-state index in [1.54, 1.807) is 29.2 Å². The predicted octanol–water partition coefficient (Wildman–Crippen LogP) is 6.15. The standard InChI is InChI=1S/C25H21F4N7O2/c26-22-14-31-24(34-23(22)36-4-7-37-8-5-36)35-32-13-19-1-2-20(12-30-19)33-21-10-17(16-3-6-38-15-16)9-18(11-21)25(27,28)29/h1-3,6,9-12,14-15,33H,4-5,7-8,13H2. The van der Waals surface area contributed by atoms with Gasteiger partial charge in [-0.2, -0.15) is 23.3 Å². The second-order valence-electron chi connectivity index (χ2n) is 8.31. The van der Waals surface area contributed by atoms with Crippen LogP contribution in [0.4, 0.5) is 40.7 Å². The van der Waals surface area contributed by atoms with Crippen LogP contribution in [0.3, 0.4) is 0 Å². The average Bonchev–Trinajstić information content (AvgIpc) is 3.46. The van der Waals surface area contributed by atoms with E-state index in [0.29, 0.717) is 48.8 Å². The van der Waals surface area contributed by atoms with Crippen LogP contribution in [0.2, 0.25) is 0 Å². The highest BCUT2D eigenvalue weighted by Gasteiger charge is 2.31. The minimum absolute atomic E-state index is 0.0177. The van der Waals surface area contributed by atoms with Gasteiger partial charge in [0.05, 0.1) is 55.1 Å². The van der Waals surface area contributed by atoms with Crippen LogP contribution in [0.15, 0.2) is 76.0 Å². The Hall–Kier alpha value is -4.39. The molecule has 0 amide bonds. The number of ether oxygens (including phenoxy) is 1. The van der Waals surface area contributed by atoms with Gasteiger partial charge in [-0.3, -0.25) is 4.98 Å². The Bertz CT molecular complexity index is 1400. The number of nitrogens with zero attached hydrogens (tertiary/aromatic N) is 6. The third-order valence-corrected chi connectivity index (χ3v) is 5.64. The molecule has 1 fully saturated rings. The average molecular weight is 527 g/mol. The lowest BCUT2D eigenvalue weighted by Crippen LogP contribution is -2.37. The van der Waals surface area contributed by atoms with Crippen molar-refractivity contribution in [3.63, 3.8) is 0 Å². The lowest BCUT2D eigenvalue weighted by atomic mass is 10.0. The number of azo groups is 1. The minimum atomic E-state index is -4.51. The molecule has 1 aliphatic rings. The number of benzene rings is 1. The Morgan fingerprint density at radius 3 is 2.53 bits per heavy atom. The van der Waals surface area contributed by atoms with E-state index in [0.717, 1.165) is 18.3 Å². The van der Waals surface area contributed by atoms with Crippen LogP contribution < -0.4 is 10.2 Å². The van der Waals surface area contributed by atoms with E-state index in [1.165, 1.54) is 18.7 Å². The first-order valence-corrected chi connectivity index (χ1v) is 11.5. The fourth-order valence-corrected chi connectivity index (χ4v) is 3.78. The van der Waals surface area contributed by atoms with Crippen LogP contribution in [0.1, 0.15) is 11.3 Å². The van der Waals surface area contributed by atoms with Crippen molar-refractivity contribution >= 4 is 23.1 Å². The first-order valence-electron chi connectivity index (χ1n) is 11.5. The Morgan fingerprint density at radius 2 is 1.82 bits per heavy atom. The van der Waals surface area contributed by atoms with Gasteiger partial charge in [0.25, 0.3) is 5.95 Å². The number of morpholine rings is 1. The van der Waals surface area contributed by atoms with E-state index >= 15 is 0 Å².